The number of benzene rings is 1. The van der Waals surface area contributed by atoms with Gasteiger partial charge in [0.25, 0.3) is 5.91 Å². The first-order valence-corrected chi connectivity index (χ1v) is 11.1. The van der Waals surface area contributed by atoms with Crippen LogP contribution < -0.4 is 5.32 Å². The number of fused-ring (bicyclic) bond motifs is 1. The summed E-state index contributed by atoms with van der Waals surface area (Å²) >= 11 is 1.45. The van der Waals surface area contributed by atoms with E-state index in [-0.39, 0.29) is 23.9 Å². The molecule has 4 fully saturated rings. The van der Waals surface area contributed by atoms with Crippen molar-refractivity contribution >= 4 is 38.6 Å². The first-order chi connectivity index (χ1) is 13.4. The van der Waals surface area contributed by atoms with Gasteiger partial charge < -0.3 is 4.74 Å². The average Bonchev–Trinajstić information content (AvgIpc) is 3.01. The summed E-state index contributed by atoms with van der Waals surface area (Å²) in [6, 6.07) is 4.16. The lowest BCUT2D eigenvalue weighted by Crippen LogP contribution is -2.50. The number of amides is 1. The Morgan fingerprint density at radius 3 is 2.43 bits per heavy atom. The van der Waals surface area contributed by atoms with Gasteiger partial charge in [-0.1, -0.05) is 17.4 Å². The largest absolute Gasteiger partial charge is 0.455 e. The third-order valence-electron chi connectivity index (χ3n) is 6.88. The predicted octanol–water partition coefficient (Wildman–Crippen LogP) is 4.61. The monoisotopic (exact) mass is 398 g/mol. The zero-order valence-corrected chi connectivity index (χ0v) is 17.2. The average molecular weight is 399 g/mol. The number of nitrogens with one attached hydrogen (secondary N) is 1. The lowest BCUT2D eigenvalue weighted by Gasteiger charge is -2.55. The second kappa shape index (κ2) is 6.55. The second-order valence-corrected chi connectivity index (χ2v) is 10.3. The molecule has 6 rings (SSSR count). The number of nitrogens with zero attached hydrogens (tertiary/aromatic N) is 1. The molecule has 4 saturated carbocycles. The van der Waals surface area contributed by atoms with Crippen molar-refractivity contribution in [2.24, 2.45) is 23.2 Å². The lowest BCUT2D eigenvalue weighted by atomic mass is 9.49. The molecular weight excluding hydrogens is 372 g/mol. The highest BCUT2D eigenvalue weighted by atomic mass is 32.1. The highest BCUT2D eigenvalue weighted by molar-refractivity contribution is 7.22. The van der Waals surface area contributed by atoms with E-state index in [1.807, 2.05) is 13.8 Å². The highest BCUT2D eigenvalue weighted by Crippen LogP contribution is 2.60. The number of aryl methyl sites for hydroxylation is 2. The number of rotatable bonds is 4. The van der Waals surface area contributed by atoms with E-state index < -0.39 is 0 Å². The Hall–Kier alpha value is -1.95. The van der Waals surface area contributed by atoms with Gasteiger partial charge >= 0.3 is 5.97 Å². The summed E-state index contributed by atoms with van der Waals surface area (Å²) in [5.41, 5.74) is 2.87. The van der Waals surface area contributed by atoms with Gasteiger partial charge in [0.15, 0.2) is 11.7 Å². The van der Waals surface area contributed by atoms with Crippen molar-refractivity contribution in [1.82, 2.24) is 4.98 Å². The van der Waals surface area contributed by atoms with Crippen molar-refractivity contribution in [1.29, 1.82) is 0 Å². The Morgan fingerprint density at radius 2 is 1.79 bits per heavy atom. The minimum absolute atomic E-state index is 0.155. The van der Waals surface area contributed by atoms with E-state index in [1.54, 1.807) is 0 Å². The number of carbonyl (C=O) groups is 2. The van der Waals surface area contributed by atoms with Crippen LogP contribution in [0.5, 0.6) is 0 Å². The van der Waals surface area contributed by atoms with Crippen LogP contribution in [0.25, 0.3) is 10.2 Å². The van der Waals surface area contributed by atoms with Gasteiger partial charge in [-0.15, -0.1) is 0 Å². The van der Waals surface area contributed by atoms with Crippen LogP contribution in [-0.4, -0.2) is 23.5 Å². The minimum Gasteiger partial charge on any atom is -0.455 e. The molecule has 0 atom stereocenters. The predicted molar refractivity (Wildman–Crippen MR) is 109 cm³/mol. The summed E-state index contributed by atoms with van der Waals surface area (Å²) in [6.45, 7) is 3.84. The molecule has 28 heavy (non-hydrogen) atoms. The van der Waals surface area contributed by atoms with E-state index in [1.165, 1.54) is 36.2 Å². The first kappa shape index (κ1) is 18.1. The van der Waals surface area contributed by atoms with Crippen LogP contribution in [-0.2, 0) is 14.3 Å². The Balaban J connectivity index is 1.22. The molecule has 2 aromatic rings. The highest BCUT2D eigenvalue weighted by Gasteiger charge is 2.55. The number of anilines is 1. The maximum Gasteiger partial charge on any atom is 0.312 e. The molecule has 1 heterocycles. The van der Waals surface area contributed by atoms with Gasteiger partial charge in [0.2, 0.25) is 0 Å². The number of ether oxygens (including phenoxy) is 1. The van der Waals surface area contributed by atoms with Crippen molar-refractivity contribution in [3.05, 3.63) is 23.3 Å². The number of hydrogen-bond donors (Lipinski definition) is 1. The van der Waals surface area contributed by atoms with Gasteiger partial charge in [0.1, 0.15) is 0 Å². The van der Waals surface area contributed by atoms with Crippen molar-refractivity contribution in [3.63, 3.8) is 0 Å². The molecular formula is C22H26N2O3S. The molecule has 5 nitrogen and oxygen atoms in total. The summed E-state index contributed by atoms with van der Waals surface area (Å²) in [4.78, 5) is 29.7. The van der Waals surface area contributed by atoms with Gasteiger partial charge in [0.05, 0.1) is 15.6 Å². The normalized spacial score (nSPS) is 30.6. The fourth-order valence-electron chi connectivity index (χ4n) is 6.22. The molecule has 0 saturated heterocycles. The van der Waals surface area contributed by atoms with Crippen LogP contribution in [0.2, 0.25) is 0 Å². The number of thiazole rings is 1. The Labute approximate surface area is 168 Å². The number of hydrogen-bond acceptors (Lipinski definition) is 5. The molecule has 1 N–H and O–H groups in total. The molecule has 1 amide bonds. The maximum atomic E-state index is 12.9. The van der Waals surface area contributed by atoms with Crippen molar-refractivity contribution in [2.45, 2.75) is 52.4 Å². The fraction of sp³-hybridized carbons (Fsp3) is 0.591. The minimum atomic E-state index is -0.320. The molecule has 0 radical (unpaired) electrons. The molecule has 1 aromatic carbocycles. The molecule has 148 valence electrons. The summed E-state index contributed by atoms with van der Waals surface area (Å²) < 4.78 is 6.56. The molecule has 0 aliphatic heterocycles. The summed E-state index contributed by atoms with van der Waals surface area (Å²) in [6.07, 6.45) is 6.71. The molecule has 0 unspecified atom stereocenters. The number of carbonyl (C=O) groups excluding carboxylic acids is 2. The van der Waals surface area contributed by atoms with Crippen LogP contribution in [0.15, 0.2) is 12.1 Å². The van der Waals surface area contributed by atoms with Crippen molar-refractivity contribution in [2.75, 3.05) is 11.9 Å². The van der Waals surface area contributed by atoms with Crippen LogP contribution in [0.3, 0.4) is 0 Å². The Morgan fingerprint density at radius 1 is 1.14 bits per heavy atom. The molecule has 1 aromatic heterocycles. The Bertz CT molecular complexity index is 929. The molecule has 4 aliphatic rings. The zero-order chi connectivity index (χ0) is 19.5. The van der Waals surface area contributed by atoms with E-state index in [0.29, 0.717) is 22.9 Å². The topological polar surface area (TPSA) is 68.3 Å². The lowest BCUT2D eigenvalue weighted by molar-refractivity contribution is -0.172. The van der Waals surface area contributed by atoms with Crippen LogP contribution >= 0.6 is 11.3 Å². The standard InChI is InChI=1S/C22H26N2O3S/c1-12-3-13(2)19-17(4-12)28-21(24-19)23-18(25)11-27-20(26)22-8-14-5-15(9-22)7-16(6-14)10-22/h3-4,14-16H,5-11H2,1-2H3,(H,23,24,25). The summed E-state index contributed by atoms with van der Waals surface area (Å²) in [5, 5.41) is 3.35. The van der Waals surface area contributed by atoms with E-state index in [2.05, 4.69) is 22.4 Å². The van der Waals surface area contributed by atoms with Crippen LogP contribution in [0.1, 0.15) is 49.7 Å². The van der Waals surface area contributed by atoms with Gasteiger partial charge in [-0.05, 0) is 87.3 Å². The molecule has 6 heteroatoms. The fourth-order valence-corrected chi connectivity index (χ4v) is 7.28. The quantitative estimate of drug-likeness (QED) is 0.764. The smallest absolute Gasteiger partial charge is 0.312 e. The van der Waals surface area contributed by atoms with Gasteiger partial charge in [0, 0.05) is 0 Å². The van der Waals surface area contributed by atoms with Crippen LogP contribution in [0, 0.1) is 37.0 Å². The van der Waals surface area contributed by atoms with Crippen LogP contribution in [0.4, 0.5) is 5.13 Å². The third-order valence-corrected chi connectivity index (χ3v) is 7.80. The van der Waals surface area contributed by atoms with Gasteiger partial charge in [-0.25, -0.2) is 4.98 Å². The summed E-state index contributed by atoms with van der Waals surface area (Å²) in [5.74, 6) is 1.58. The second-order valence-electron chi connectivity index (χ2n) is 9.27. The van der Waals surface area contributed by atoms with Gasteiger partial charge in [-0.3, -0.25) is 14.9 Å². The van der Waals surface area contributed by atoms with Crippen molar-refractivity contribution < 1.29 is 14.3 Å². The van der Waals surface area contributed by atoms with E-state index >= 15 is 0 Å². The number of aromatic nitrogens is 1. The molecule has 4 bridgehead atoms. The molecule has 0 spiro atoms. The Kier molecular flexibility index (Phi) is 4.23. The maximum absolute atomic E-state index is 12.9. The van der Waals surface area contributed by atoms with E-state index in [0.717, 1.165) is 35.0 Å². The SMILES string of the molecule is Cc1cc(C)c2nc(NC(=O)COC(=O)C34CC5CC(CC(C5)C3)C4)sc2c1. The van der Waals surface area contributed by atoms with E-state index in [4.69, 9.17) is 4.74 Å². The van der Waals surface area contributed by atoms with Crippen molar-refractivity contribution in [3.8, 4) is 0 Å². The third kappa shape index (κ3) is 3.11. The zero-order valence-electron chi connectivity index (χ0n) is 16.4. The first-order valence-electron chi connectivity index (χ1n) is 10.2. The summed E-state index contributed by atoms with van der Waals surface area (Å²) in [7, 11) is 0. The van der Waals surface area contributed by atoms with Gasteiger partial charge in [-0.2, -0.15) is 0 Å². The number of esters is 1. The molecule has 4 aliphatic carbocycles. The van der Waals surface area contributed by atoms with E-state index in [9.17, 15) is 9.59 Å².